The zero-order valence-electron chi connectivity index (χ0n) is 9.86. The summed E-state index contributed by atoms with van der Waals surface area (Å²) in [6.45, 7) is 1.70. The molecule has 0 spiro atoms. The summed E-state index contributed by atoms with van der Waals surface area (Å²) < 4.78 is 29.3. The molecular formula is C12H17F2NO2. The first-order valence-electron chi connectivity index (χ1n) is 5.38. The molecule has 0 aliphatic rings. The number of ether oxygens (including phenoxy) is 1. The predicted molar refractivity (Wildman–Crippen MR) is 61.4 cm³/mol. The van der Waals surface area contributed by atoms with Crippen LogP contribution in [0, 0.1) is 0 Å². The van der Waals surface area contributed by atoms with E-state index in [0.717, 1.165) is 5.56 Å². The van der Waals surface area contributed by atoms with Gasteiger partial charge in [0.1, 0.15) is 11.9 Å². The van der Waals surface area contributed by atoms with E-state index in [4.69, 9.17) is 9.84 Å². The lowest BCUT2D eigenvalue weighted by atomic mass is 10.1. The van der Waals surface area contributed by atoms with Crippen LogP contribution in [-0.2, 0) is 0 Å². The highest BCUT2D eigenvalue weighted by Gasteiger charge is 2.17. The summed E-state index contributed by atoms with van der Waals surface area (Å²) in [6.07, 6.45) is -4.36. The first kappa shape index (κ1) is 13.9. The number of hydrogen-bond donors (Lipinski definition) is 2. The smallest absolute Gasteiger partial charge is 0.265 e. The second-order valence-electron chi connectivity index (χ2n) is 3.81. The lowest BCUT2D eigenvalue weighted by Gasteiger charge is -2.17. The van der Waals surface area contributed by atoms with E-state index in [2.05, 4.69) is 5.32 Å². The van der Waals surface area contributed by atoms with Crippen molar-refractivity contribution in [1.29, 1.82) is 0 Å². The lowest BCUT2D eigenvalue weighted by molar-refractivity contribution is -0.00439. The molecule has 2 atom stereocenters. The van der Waals surface area contributed by atoms with Gasteiger partial charge in [-0.05, 0) is 24.6 Å². The summed E-state index contributed by atoms with van der Waals surface area (Å²) in [6, 6.07) is 7.21. The lowest BCUT2D eigenvalue weighted by Crippen LogP contribution is -2.33. The molecule has 96 valence electrons. The number of nitrogens with one attached hydrogen (secondary N) is 1. The van der Waals surface area contributed by atoms with E-state index in [1.54, 1.807) is 7.11 Å². The van der Waals surface area contributed by atoms with Crippen molar-refractivity contribution in [3.63, 3.8) is 0 Å². The van der Waals surface area contributed by atoms with Gasteiger partial charge in [0.15, 0.2) is 0 Å². The molecule has 0 aliphatic carbocycles. The number of rotatable bonds is 6. The molecule has 0 amide bonds. The molecule has 1 rings (SSSR count). The molecule has 0 heterocycles. The van der Waals surface area contributed by atoms with Crippen molar-refractivity contribution in [2.75, 3.05) is 13.7 Å². The quantitative estimate of drug-likeness (QED) is 0.805. The Morgan fingerprint density at radius 3 is 2.71 bits per heavy atom. The molecule has 0 aromatic heterocycles. The van der Waals surface area contributed by atoms with E-state index in [-0.39, 0.29) is 12.6 Å². The first-order chi connectivity index (χ1) is 8.04. The molecule has 2 N–H and O–H groups in total. The molecule has 3 nitrogen and oxygen atoms in total. The monoisotopic (exact) mass is 245 g/mol. The van der Waals surface area contributed by atoms with Crippen molar-refractivity contribution in [3.8, 4) is 5.75 Å². The van der Waals surface area contributed by atoms with E-state index in [1.807, 2.05) is 31.2 Å². The summed E-state index contributed by atoms with van der Waals surface area (Å²) >= 11 is 0. The van der Waals surface area contributed by atoms with Crippen LogP contribution < -0.4 is 10.1 Å². The van der Waals surface area contributed by atoms with Gasteiger partial charge in [0.2, 0.25) is 0 Å². The van der Waals surface area contributed by atoms with Gasteiger partial charge in [0, 0.05) is 12.6 Å². The van der Waals surface area contributed by atoms with Gasteiger partial charge in [-0.1, -0.05) is 12.1 Å². The van der Waals surface area contributed by atoms with E-state index in [0.29, 0.717) is 5.75 Å². The van der Waals surface area contributed by atoms with Crippen LogP contribution in [0.5, 0.6) is 5.75 Å². The molecule has 0 radical (unpaired) electrons. The Bertz CT molecular complexity index is 347. The van der Waals surface area contributed by atoms with Crippen LogP contribution in [0.1, 0.15) is 18.5 Å². The van der Waals surface area contributed by atoms with Crippen molar-refractivity contribution >= 4 is 0 Å². The molecule has 0 bridgehead atoms. The number of benzene rings is 1. The highest BCUT2D eigenvalue weighted by Crippen LogP contribution is 2.18. The molecule has 2 unspecified atom stereocenters. The average molecular weight is 245 g/mol. The van der Waals surface area contributed by atoms with Crippen LogP contribution in [-0.4, -0.2) is 31.3 Å². The van der Waals surface area contributed by atoms with E-state index >= 15 is 0 Å². The minimum absolute atomic E-state index is 0.126. The Kier molecular flexibility index (Phi) is 5.31. The van der Waals surface area contributed by atoms with Crippen LogP contribution in [0.4, 0.5) is 8.78 Å². The molecular weight excluding hydrogens is 228 g/mol. The minimum atomic E-state index is -2.72. The molecule has 0 fully saturated rings. The second kappa shape index (κ2) is 6.51. The van der Waals surface area contributed by atoms with Crippen molar-refractivity contribution < 1.29 is 18.6 Å². The van der Waals surface area contributed by atoms with Gasteiger partial charge < -0.3 is 15.2 Å². The maximum Gasteiger partial charge on any atom is 0.265 e. The zero-order chi connectivity index (χ0) is 12.8. The highest BCUT2D eigenvalue weighted by molar-refractivity contribution is 5.30. The number of hydrogen-bond acceptors (Lipinski definition) is 3. The number of aliphatic hydroxyl groups is 1. The summed E-state index contributed by atoms with van der Waals surface area (Å²) in [5.74, 6) is 0.713. The number of halogens is 2. The van der Waals surface area contributed by atoms with Crippen LogP contribution in [0.2, 0.25) is 0 Å². The third-order valence-corrected chi connectivity index (χ3v) is 2.52. The fourth-order valence-corrected chi connectivity index (χ4v) is 1.42. The van der Waals surface area contributed by atoms with Gasteiger partial charge in [0.05, 0.1) is 7.11 Å². The maximum absolute atomic E-state index is 12.1. The summed E-state index contributed by atoms with van der Waals surface area (Å²) in [5, 5.41) is 11.8. The Morgan fingerprint density at radius 1 is 1.41 bits per heavy atom. The number of methoxy groups -OCH3 is 1. The molecule has 5 heteroatoms. The van der Waals surface area contributed by atoms with E-state index < -0.39 is 12.5 Å². The normalized spacial score (nSPS) is 14.7. The van der Waals surface area contributed by atoms with Crippen molar-refractivity contribution in [2.24, 2.45) is 0 Å². The van der Waals surface area contributed by atoms with Gasteiger partial charge in [-0.15, -0.1) is 0 Å². The SMILES string of the molecule is COc1cccc(C(C)NCC(O)C(F)F)c1. The topological polar surface area (TPSA) is 41.5 Å². The maximum atomic E-state index is 12.1. The van der Waals surface area contributed by atoms with Crippen LogP contribution in [0.25, 0.3) is 0 Å². The van der Waals surface area contributed by atoms with Gasteiger partial charge in [-0.3, -0.25) is 0 Å². The third kappa shape index (κ3) is 4.28. The minimum Gasteiger partial charge on any atom is -0.497 e. The van der Waals surface area contributed by atoms with Gasteiger partial charge in [-0.25, -0.2) is 8.78 Å². The summed E-state index contributed by atoms with van der Waals surface area (Å²) in [4.78, 5) is 0. The molecule has 0 saturated carbocycles. The summed E-state index contributed by atoms with van der Waals surface area (Å²) in [7, 11) is 1.57. The largest absolute Gasteiger partial charge is 0.497 e. The first-order valence-corrected chi connectivity index (χ1v) is 5.38. The van der Waals surface area contributed by atoms with E-state index in [9.17, 15) is 8.78 Å². The Balaban J connectivity index is 2.54. The van der Waals surface area contributed by atoms with Crippen LogP contribution in [0.15, 0.2) is 24.3 Å². The fraction of sp³-hybridized carbons (Fsp3) is 0.500. The van der Waals surface area contributed by atoms with Crippen LogP contribution in [0.3, 0.4) is 0 Å². The average Bonchev–Trinajstić information content (AvgIpc) is 2.35. The molecule has 0 saturated heterocycles. The standard InChI is InChI=1S/C12H17F2NO2/c1-8(15-7-11(16)12(13)14)9-4-3-5-10(6-9)17-2/h3-6,8,11-12,15-16H,7H2,1-2H3. The van der Waals surface area contributed by atoms with Crippen molar-refractivity contribution in [2.45, 2.75) is 25.5 Å². The van der Waals surface area contributed by atoms with Crippen molar-refractivity contribution in [3.05, 3.63) is 29.8 Å². The molecule has 0 aliphatic heterocycles. The predicted octanol–water partition coefficient (Wildman–Crippen LogP) is 1.97. The van der Waals surface area contributed by atoms with Crippen molar-refractivity contribution in [1.82, 2.24) is 5.32 Å². The molecule has 17 heavy (non-hydrogen) atoms. The van der Waals surface area contributed by atoms with Gasteiger partial charge in [-0.2, -0.15) is 0 Å². The van der Waals surface area contributed by atoms with Crippen LogP contribution >= 0.6 is 0 Å². The Hall–Kier alpha value is -1.20. The molecule has 1 aromatic rings. The third-order valence-electron chi connectivity index (χ3n) is 2.52. The summed E-state index contributed by atoms with van der Waals surface area (Å²) in [5.41, 5.74) is 0.922. The fourth-order valence-electron chi connectivity index (χ4n) is 1.42. The number of alkyl halides is 2. The Labute approximate surface area is 99.4 Å². The zero-order valence-corrected chi connectivity index (χ0v) is 9.86. The second-order valence-corrected chi connectivity index (χ2v) is 3.81. The Morgan fingerprint density at radius 2 is 2.12 bits per heavy atom. The van der Waals surface area contributed by atoms with Gasteiger partial charge >= 0.3 is 0 Å². The van der Waals surface area contributed by atoms with Gasteiger partial charge in [0.25, 0.3) is 6.43 Å². The molecule has 1 aromatic carbocycles. The van der Waals surface area contributed by atoms with E-state index in [1.165, 1.54) is 0 Å². The highest BCUT2D eigenvalue weighted by atomic mass is 19.3. The number of aliphatic hydroxyl groups excluding tert-OH is 1.